The fraction of sp³-hybridized carbons (Fsp3) is 0.182. The van der Waals surface area contributed by atoms with Gasteiger partial charge in [0.15, 0.2) is 6.20 Å². The largest absolute Gasteiger partial charge is 0.726 e. The van der Waals surface area contributed by atoms with E-state index < -0.39 is 16.7 Å². The van der Waals surface area contributed by atoms with Crippen LogP contribution in [0.25, 0.3) is 10.9 Å². The Balaban J connectivity index is 0.000000286. The third kappa shape index (κ3) is 4.76. The van der Waals surface area contributed by atoms with E-state index in [0.29, 0.717) is 9.95 Å². The van der Waals surface area contributed by atoms with Gasteiger partial charge in [-0.15, -0.1) is 17.7 Å². The summed E-state index contributed by atoms with van der Waals surface area (Å²) in [7, 11) is -3.60. The van der Waals surface area contributed by atoms with Crippen molar-refractivity contribution in [2.24, 2.45) is 0 Å². The molecule has 0 aliphatic heterocycles. The first-order valence-corrected chi connectivity index (χ1v) is 6.46. The first kappa shape index (κ1) is 16.3. The number of fused-ring (bicyclic) bond motifs is 1. The van der Waals surface area contributed by atoms with E-state index in [-0.39, 0.29) is 5.52 Å². The molecule has 0 saturated heterocycles. The number of benzene rings is 1. The van der Waals surface area contributed by atoms with E-state index in [2.05, 4.69) is 4.18 Å². The average Bonchev–Trinajstić information content (AvgIpc) is 2.37. The molecular formula is C11H10F3NO4S. The molecule has 0 N–H and O–H groups in total. The third-order valence-electron chi connectivity index (χ3n) is 2.18. The Labute approximate surface area is 113 Å². The van der Waals surface area contributed by atoms with Gasteiger partial charge in [0.1, 0.15) is 0 Å². The lowest BCUT2D eigenvalue weighted by molar-refractivity contribution is -0.836. The van der Waals surface area contributed by atoms with Crippen molar-refractivity contribution in [3.05, 3.63) is 42.6 Å². The predicted molar refractivity (Wildman–Crippen MR) is 62.1 cm³/mol. The minimum atomic E-state index is -4.41. The molecule has 5 nitrogen and oxygen atoms in total. The highest BCUT2D eigenvalue weighted by molar-refractivity contribution is 7.80. The van der Waals surface area contributed by atoms with E-state index in [4.69, 9.17) is 0 Å². The standard InChI is InChI=1S/C10H7F3N.CH4O4S/c11-10(12,13)14-7-3-5-8-4-1-2-6-9(8)14;1-5-6(2,3)4/h1-7H;1H3,(H,2,3,4)/q+1;/p-1. The number of nitrogens with zero attached hydrogens (tertiary/aromatic N) is 1. The maximum Gasteiger partial charge on any atom is 0.638 e. The van der Waals surface area contributed by atoms with E-state index in [1.165, 1.54) is 12.1 Å². The zero-order chi connectivity index (χ0) is 15.4. The lowest BCUT2D eigenvalue weighted by Crippen LogP contribution is -2.47. The summed E-state index contributed by atoms with van der Waals surface area (Å²) >= 11 is 0. The van der Waals surface area contributed by atoms with Gasteiger partial charge in [-0.2, -0.15) is 0 Å². The van der Waals surface area contributed by atoms with Crippen LogP contribution in [0.15, 0.2) is 42.6 Å². The zero-order valence-electron chi connectivity index (χ0n) is 10.2. The molecule has 0 aliphatic rings. The molecule has 2 aromatic rings. The Morgan fingerprint density at radius 1 is 1.15 bits per heavy atom. The van der Waals surface area contributed by atoms with E-state index in [0.717, 1.165) is 13.3 Å². The van der Waals surface area contributed by atoms with Crippen LogP contribution in [0.4, 0.5) is 13.2 Å². The summed E-state index contributed by atoms with van der Waals surface area (Å²) in [5, 5.41) is 0.576. The molecule has 9 heteroatoms. The summed E-state index contributed by atoms with van der Waals surface area (Å²) in [6.07, 6.45) is -3.34. The van der Waals surface area contributed by atoms with Gasteiger partial charge in [-0.1, -0.05) is 12.1 Å². The number of para-hydroxylation sites is 1. The number of alkyl halides is 3. The zero-order valence-corrected chi connectivity index (χ0v) is 11.0. The van der Waals surface area contributed by atoms with Crippen molar-refractivity contribution in [3.63, 3.8) is 0 Å². The molecule has 0 radical (unpaired) electrons. The summed E-state index contributed by atoms with van der Waals surface area (Å²) < 4.78 is 68.8. The highest BCUT2D eigenvalue weighted by Gasteiger charge is 2.42. The van der Waals surface area contributed by atoms with Gasteiger partial charge in [-0.05, 0) is 12.1 Å². The Kier molecular flexibility index (Phi) is 5.03. The van der Waals surface area contributed by atoms with Crippen LogP contribution in [0, 0.1) is 0 Å². The maximum absolute atomic E-state index is 12.5. The van der Waals surface area contributed by atoms with Gasteiger partial charge in [0, 0.05) is 17.5 Å². The molecule has 2 rings (SSSR count). The number of aromatic nitrogens is 1. The molecule has 0 atom stereocenters. The number of rotatable bonds is 1. The van der Waals surface area contributed by atoms with Gasteiger partial charge in [0.25, 0.3) is 0 Å². The van der Waals surface area contributed by atoms with Crippen molar-refractivity contribution < 1.29 is 34.9 Å². The van der Waals surface area contributed by atoms with Crippen LogP contribution in [0.2, 0.25) is 0 Å². The Morgan fingerprint density at radius 3 is 2.15 bits per heavy atom. The number of halogens is 3. The van der Waals surface area contributed by atoms with Crippen LogP contribution in [0.3, 0.4) is 0 Å². The first-order valence-electron chi connectivity index (χ1n) is 5.13. The molecule has 0 saturated carbocycles. The second kappa shape index (κ2) is 6.16. The molecule has 0 unspecified atom stereocenters. The molecule has 0 aliphatic carbocycles. The van der Waals surface area contributed by atoms with Crippen molar-refractivity contribution in [3.8, 4) is 0 Å². The van der Waals surface area contributed by atoms with Crippen LogP contribution in [0.1, 0.15) is 0 Å². The SMILES string of the molecule is COS(=O)(=O)[O-].FC(F)(F)[n+]1cccc2ccccc21. The number of pyridine rings is 1. The smallest absolute Gasteiger partial charge is 0.638 e. The van der Waals surface area contributed by atoms with E-state index >= 15 is 0 Å². The molecule has 0 spiro atoms. The molecule has 0 bridgehead atoms. The van der Waals surface area contributed by atoms with Crippen LogP contribution in [-0.4, -0.2) is 20.1 Å². The summed E-state index contributed by atoms with van der Waals surface area (Å²) in [5.41, 5.74) is 0.169. The van der Waals surface area contributed by atoms with Crippen molar-refractivity contribution in [2.45, 2.75) is 6.30 Å². The lowest BCUT2D eigenvalue weighted by atomic mass is 10.2. The van der Waals surface area contributed by atoms with Gasteiger partial charge in [-0.3, -0.25) is 4.18 Å². The Morgan fingerprint density at radius 2 is 1.65 bits per heavy atom. The normalized spacial score (nSPS) is 11.8. The van der Waals surface area contributed by atoms with Crippen LogP contribution < -0.4 is 4.57 Å². The van der Waals surface area contributed by atoms with Crippen LogP contribution in [0.5, 0.6) is 0 Å². The minimum absolute atomic E-state index is 0.169. The Hall–Kier alpha value is -1.71. The first-order chi connectivity index (χ1) is 9.15. The summed E-state index contributed by atoms with van der Waals surface area (Å²) in [4.78, 5) is 0. The summed E-state index contributed by atoms with van der Waals surface area (Å²) in [5.74, 6) is 0. The van der Waals surface area contributed by atoms with Crippen molar-refractivity contribution in [1.82, 2.24) is 0 Å². The molecule has 1 aromatic heterocycles. The molecule has 20 heavy (non-hydrogen) atoms. The number of hydrogen-bond donors (Lipinski definition) is 0. The van der Waals surface area contributed by atoms with Crippen molar-refractivity contribution >= 4 is 21.3 Å². The van der Waals surface area contributed by atoms with E-state index in [1.54, 1.807) is 24.3 Å². The molecule has 0 fully saturated rings. The topological polar surface area (TPSA) is 70.3 Å². The Bertz CT molecular complexity index is 680. The minimum Gasteiger partial charge on any atom is -0.726 e. The number of hydrogen-bond acceptors (Lipinski definition) is 4. The highest BCUT2D eigenvalue weighted by Crippen LogP contribution is 2.18. The van der Waals surface area contributed by atoms with Crippen LogP contribution in [-0.2, 0) is 20.9 Å². The van der Waals surface area contributed by atoms with Crippen molar-refractivity contribution in [2.75, 3.05) is 7.11 Å². The van der Waals surface area contributed by atoms with Gasteiger partial charge in [-0.25, -0.2) is 8.42 Å². The second-order valence-electron chi connectivity index (χ2n) is 3.48. The summed E-state index contributed by atoms with van der Waals surface area (Å²) in [6.45, 7) is 0. The highest BCUT2D eigenvalue weighted by atomic mass is 32.3. The molecule has 1 heterocycles. The lowest BCUT2D eigenvalue weighted by Gasteiger charge is -2.02. The molecule has 1 aromatic carbocycles. The van der Waals surface area contributed by atoms with Gasteiger partial charge in [0.2, 0.25) is 15.9 Å². The molecular weight excluding hydrogens is 299 g/mol. The fourth-order valence-corrected chi connectivity index (χ4v) is 1.38. The quantitative estimate of drug-likeness (QED) is 0.457. The van der Waals surface area contributed by atoms with Gasteiger partial charge < -0.3 is 4.55 Å². The molecule has 0 amide bonds. The van der Waals surface area contributed by atoms with Crippen molar-refractivity contribution in [1.29, 1.82) is 0 Å². The van der Waals surface area contributed by atoms with Gasteiger partial charge >= 0.3 is 6.30 Å². The summed E-state index contributed by atoms with van der Waals surface area (Å²) in [6, 6.07) is 9.43. The fourth-order valence-electron chi connectivity index (χ4n) is 1.38. The average molecular weight is 309 g/mol. The third-order valence-corrected chi connectivity index (χ3v) is 2.59. The van der Waals surface area contributed by atoms with E-state index in [1.807, 2.05) is 0 Å². The maximum atomic E-state index is 12.5. The van der Waals surface area contributed by atoms with E-state index in [9.17, 15) is 26.1 Å². The predicted octanol–water partition coefficient (Wildman–Crippen LogP) is 1.70. The van der Waals surface area contributed by atoms with Crippen LogP contribution >= 0.6 is 0 Å². The molecule has 110 valence electrons. The van der Waals surface area contributed by atoms with Gasteiger partial charge in [0.05, 0.1) is 7.11 Å². The second-order valence-corrected chi connectivity index (χ2v) is 4.63. The monoisotopic (exact) mass is 309 g/mol.